The molecule has 7 nitrogen and oxygen atoms in total. The van der Waals surface area contributed by atoms with Crippen LogP contribution < -0.4 is 15.4 Å². The fourth-order valence-electron chi connectivity index (χ4n) is 4.40. The molecular formula is C24H41IN4O3. The number of nitrogens with one attached hydrogen (secondary N) is 2. The van der Waals surface area contributed by atoms with Crippen LogP contribution in [-0.4, -0.2) is 76.1 Å². The van der Waals surface area contributed by atoms with Crippen molar-refractivity contribution in [2.45, 2.75) is 51.1 Å². The summed E-state index contributed by atoms with van der Waals surface area (Å²) in [6.07, 6.45) is 5.72. The van der Waals surface area contributed by atoms with Crippen LogP contribution in [0.15, 0.2) is 29.3 Å². The Morgan fingerprint density at radius 2 is 1.84 bits per heavy atom. The molecule has 32 heavy (non-hydrogen) atoms. The van der Waals surface area contributed by atoms with Crippen molar-refractivity contribution in [2.75, 3.05) is 59.7 Å². The molecule has 2 aliphatic rings. The number of hydrogen-bond donors (Lipinski definition) is 2. The average Bonchev–Trinajstić information content (AvgIpc) is 3.37. The molecule has 0 atom stereocenters. The van der Waals surface area contributed by atoms with Gasteiger partial charge >= 0.3 is 0 Å². The lowest BCUT2D eigenvalue weighted by atomic mass is 9.88. The molecule has 8 heteroatoms. The Balaban J connectivity index is 0.00000363. The number of benzene rings is 1. The third-order valence-corrected chi connectivity index (χ3v) is 6.33. The predicted molar refractivity (Wildman–Crippen MR) is 140 cm³/mol. The van der Waals surface area contributed by atoms with Gasteiger partial charge in [0.25, 0.3) is 0 Å². The van der Waals surface area contributed by atoms with Crippen LogP contribution in [0.25, 0.3) is 0 Å². The fourth-order valence-corrected chi connectivity index (χ4v) is 4.40. The largest absolute Gasteiger partial charge is 0.497 e. The molecule has 182 valence electrons. The molecule has 2 heterocycles. The molecule has 0 unspecified atom stereocenters. The standard InChI is InChI=1S/C24H40N4O3.HI/c1-3-30-16-6-13-25-23(26-19-21-7-9-22(29-2)10-8-21)27-20-24(11-17-31-18-12-24)28-14-4-5-15-28;/h7-10H,3-6,11-20H2,1-2H3,(H2,25,26,27);1H. The Morgan fingerprint density at radius 1 is 1.12 bits per heavy atom. The Morgan fingerprint density at radius 3 is 2.50 bits per heavy atom. The topological polar surface area (TPSA) is 67.3 Å². The summed E-state index contributed by atoms with van der Waals surface area (Å²) in [7, 11) is 1.69. The molecule has 2 saturated heterocycles. The Labute approximate surface area is 210 Å². The van der Waals surface area contributed by atoms with E-state index in [1.165, 1.54) is 25.9 Å². The van der Waals surface area contributed by atoms with Crippen LogP contribution in [-0.2, 0) is 16.0 Å². The minimum absolute atomic E-state index is 0. The monoisotopic (exact) mass is 560 g/mol. The van der Waals surface area contributed by atoms with Gasteiger partial charge in [-0.25, -0.2) is 4.99 Å². The summed E-state index contributed by atoms with van der Waals surface area (Å²) < 4.78 is 16.4. The average molecular weight is 561 g/mol. The minimum Gasteiger partial charge on any atom is -0.497 e. The lowest BCUT2D eigenvalue weighted by Crippen LogP contribution is -2.58. The lowest BCUT2D eigenvalue weighted by molar-refractivity contribution is -0.0164. The maximum atomic E-state index is 5.69. The SMILES string of the molecule is CCOCCCNC(=NCc1ccc(OC)cc1)NCC1(N2CCCC2)CCOCC1.I. The van der Waals surface area contributed by atoms with E-state index in [-0.39, 0.29) is 29.5 Å². The van der Waals surface area contributed by atoms with Crippen molar-refractivity contribution < 1.29 is 14.2 Å². The summed E-state index contributed by atoms with van der Waals surface area (Å²) in [5.74, 6) is 1.74. The molecule has 2 N–H and O–H groups in total. The molecule has 0 saturated carbocycles. The summed E-state index contributed by atoms with van der Waals surface area (Å²) in [6.45, 7) is 10.0. The van der Waals surface area contributed by atoms with E-state index < -0.39 is 0 Å². The molecule has 2 fully saturated rings. The van der Waals surface area contributed by atoms with E-state index in [0.717, 1.165) is 76.1 Å². The third-order valence-electron chi connectivity index (χ3n) is 6.33. The number of rotatable bonds is 11. The number of aliphatic imine (C=N–C) groups is 1. The second-order valence-corrected chi connectivity index (χ2v) is 8.37. The van der Waals surface area contributed by atoms with E-state index >= 15 is 0 Å². The van der Waals surface area contributed by atoms with Gasteiger partial charge in [-0.3, -0.25) is 4.90 Å². The van der Waals surface area contributed by atoms with E-state index in [0.29, 0.717) is 6.54 Å². The van der Waals surface area contributed by atoms with E-state index in [1.807, 2.05) is 19.1 Å². The first-order valence-corrected chi connectivity index (χ1v) is 11.8. The van der Waals surface area contributed by atoms with Gasteiger partial charge in [0.05, 0.1) is 13.7 Å². The van der Waals surface area contributed by atoms with Crippen LogP contribution in [0.2, 0.25) is 0 Å². The van der Waals surface area contributed by atoms with Crippen molar-refractivity contribution in [1.29, 1.82) is 0 Å². The maximum Gasteiger partial charge on any atom is 0.191 e. The van der Waals surface area contributed by atoms with Crippen molar-refractivity contribution in [3.05, 3.63) is 29.8 Å². The first kappa shape index (κ1) is 27.1. The van der Waals surface area contributed by atoms with Crippen molar-refractivity contribution >= 4 is 29.9 Å². The number of guanidine groups is 1. The second-order valence-electron chi connectivity index (χ2n) is 8.37. The Bertz CT molecular complexity index is 660. The summed E-state index contributed by atoms with van der Waals surface area (Å²) in [5.41, 5.74) is 1.33. The molecular weight excluding hydrogens is 519 g/mol. The van der Waals surface area contributed by atoms with Crippen molar-refractivity contribution in [3.8, 4) is 5.75 Å². The maximum absolute atomic E-state index is 5.69. The van der Waals surface area contributed by atoms with Crippen LogP contribution in [0.3, 0.4) is 0 Å². The van der Waals surface area contributed by atoms with Gasteiger partial charge in [0.2, 0.25) is 0 Å². The van der Waals surface area contributed by atoms with Crippen LogP contribution in [0.1, 0.15) is 44.6 Å². The van der Waals surface area contributed by atoms with Gasteiger partial charge in [0.1, 0.15) is 5.75 Å². The van der Waals surface area contributed by atoms with Gasteiger partial charge in [-0.1, -0.05) is 12.1 Å². The molecule has 1 aromatic carbocycles. The molecule has 0 aliphatic carbocycles. The third kappa shape index (κ3) is 8.35. The highest BCUT2D eigenvalue weighted by Crippen LogP contribution is 2.30. The number of likely N-dealkylation sites (tertiary alicyclic amines) is 1. The number of nitrogens with zero attached hydrogens (tertiary/aromatic N) is 2. The Kier molecular flexibility index (Phi) is 12.7. The molecule has 3 rings (SSSR count). The zero-order valence-corrected chi connectivity index (χ0v) is 22.1. The zero-order valence-electron chi connectivity index (χ0n) is 19.7. The quantitative estimate of drug-likeness (QED) is 0.187. The molecule has 2 aliphatic heterocycles. The van der Waals surface area contributed by atoms with Gasteiger partial charge < -0.3 is 24.8 Å². The van der Waals surface area contributed by atoms with Crippen LogP contribution in [0, 0.1) is 0 Å². The number of methoxy groups -OCH3 is 1. The number of halogens is 1. The molecule has 0 aromatic heterocycles. The highest BCUT2D eigenvalue weighted by molar-refractivity contribution is 14.0. The lowest BCUT2D eigenvalue weighted by Gasteiger charge is -2.45. The summed E-state index contributed by atoms with van der Waals surface area (Å²) in [6, 6.07) is 8.11. The summed E-state index contributed by atoms with van der Waals surface area (Å²) >= 11 is 0. The van der Waals surface area contributed by atoms with Crippen LogP contribution >= 0.6 is 24.0 Å². The van der Waals surface area contributed by atoms with Crippen molar-refractivity contribution in [2.24, 2.45) is 4.99 Å². The van der Waals surface area contributed by atoms with Gasteiger partial charge in [-0.15, -0.1) is 24.0 Å². The van der Waals surface area contributed by atoms with Gasteiger partial charge in [-0.2, -0.15) is 0 Å². The highest BCUT2D eigenvalue weighted by atomic mass is 127. The number of hydrogen-bond acceptors (Lipinski definition) is 5. The van der Waals surface area contributed by atoms with Crippen LogP contribution in [0.5, 0.6) is 5.75 Å². The first-order valence-electron chi connectivity index (χ1n) is 11.8. The van der Waals surface area contributed by atoms with E-state index in [1.54, 1.807) is 7.11 Å². The van der Waals surface area contributed by atoms with Gasteiger partial charge in [0, 0.05) is 45.1 Å². The van der Waals surface area contributed by atoms with Crippen molar-refractivity contribution in [1.82, 2.24) is 15.5 Å². The van der Waals surface area contributed by atoms with E-state index in [9.17, 15) is 0 Å². The van der Waals surface area contributed by atoms with E-state index in [2.05, 4.69) is 27.7 Å². The highest BCUT2D eigenvalue weighted by Gasteiger charge is 2.39. The molecule has 0 radical (unpaired) electrons. The van der Waals surface area contributed by atoms with E-state index in [4.69, 9.17) is 19.2 Å². The van der Waals surface area contributed by atoms with Crippen LogP contribution in [0.4, 0.5) is 0 Å². The molecule has 1 aromatic rings. The van der Waals surface area contributed by atoms with Gasteiger partial charge in [-0.05, 0) is 69.8 Å². The first-order chi connectivity index (χ1) is 15.3. The normalized spacial score (nSPS) is 18.8. The minimum atomic E-state index is 0. The molecule has 0 amide bonds. The smallest absolute Gasteiger partial charge is 0.191 e. The molecule has 0 bridgehead atoms. The zero-order chi connectivity index (χ0) is 21.8. The van der Waals surface area contributed by atoms with Crippen molar-refractivity contribution in [3.63, 3.8) is 0 Å². The summed E-state index contributed by atoms with van der Waals surface area (Å²) in [4.78, 5) is 7.55. The number of ether oxygens (including phenoxy) is 3. The van der Waals surface area contributed by atoms with Gasteiger partial charge in [0.15, 0.2) is 5.96 Å². The fraction of sp³-hybridized carbons (Fsp3) is 0.708. The predicted octanol–water partition coefficient (Wildman–Crippen LogP) is 3.42. The second kappa shape index (κ2) is 14.9. The Hall–Kier alpha value is -1.10. The molecule has 0 spiro atoms. The summed E-state index contributed by atoms with van der Waals surface area (Å²) in [5, 5.41) is 7.17.